The molecular formula is C29H26ClN7O7S3. The van der Waals surface area contributed by atoms with Gasteiger partial charge in [0.1, 0.15) is 5.75 Å². The first-order valence-electron chi connectivity index (χ1n) is 13.4. The normalized spacial score (nSPS) is 11.9. The molecule has 0 spiro atoms. The first kappa shape index (κ1) is 33.4. The van der Waals surface area contributed by atoms with Crippen LogP contribution in [-0.4, -0.2) is 44.5 Å². The maximum absolute atomic E-state index is 13.4. The van der Waals surface area contributed by atoms with Gasteiger partial charge in [-0.05, 0) is 97.2 Å². The van der Waals surface area contributed by atoms with Crippen molar-refractivity contribution in [3.05, 3.63) is 82.9 Å². The fourth-order valence-electron chi connectivity index (χ4n) is 4.20. The molecule has 1 heterocycles. The average molecular weight is 716 g/mol. The van der Waals surface area contributed by atoms with E-state index in [1.807, 2.05) is 0 Å². The number of sulfonamides is 2. The van der Waals surface area contributed by atoms with Gasteiger partial charge in [-0.2, -0.15) is 4.37 Å². The van der Waals surface area contributed by atoms with Gasteiger partial charge in [-0.25, -0.2) is 21.6 Å². The number of benzene rings is 4. The number of halogens is 1. The lowest BCUT2D eigenvalue weighted by molar-refractivity contribution is 0.254. The molecule has 0 aliphatic rings. The van der Waals surface area contributed by atoms with Crippen LogP contribution >= 0.6 is 23.1 Å². The molecule has 47 heavy (non-hydrogen) atoms. The van der Waals surface area contributed by atoms with Crippen molar-refractivity contribution >= 4 is 87.9 Å². The molecule has 0 saturated carbocycles. The topological polar surface area (TPSA) is 212 Å². The Morgan fingerprint density at radius 2 is 1.55 bits per heavy atom. The SMILES string of the molecule is CNC(=O)Nc1cc(N=Nc2snc3ccc(S(=O)(=O)Nc4cccc(S(=O)(=O)Nc5cc(C)c(C)cc5O)c4)cc23)cc(Cl)c1O. The summed E-state index contributed by atoms with van der Waals surface area (Å²) in [7, 11) is -7.03. The van der Waals surface area contributed by atoms with E-state index in [0.29, 0.717) is 10.9 Å². The van der Waals surface area contributed by atoms with Crippen molar-refractivity contribution in [2.75, 3.05) is 21.8 Å². The van der Waals surface area contributed by atoms with Crippen LogP contribution in [0.25, 0.3) is 10.9 Å². The van der Waals surface area contributed by atoms with Crippen molar-refractivity contribution in [2.24, 2.45) is 10.2 Å². The van der Waals surface area contributed by atoms with Crippen LogP contribution < -0.4 is 20.1 Å². The molecule has 0 atom stereocenters. The monoisotopic (exact) mass is 715 g/mol. The van der Waals surface area contributed by atoms with Gasteiger partial charge < -0.3 is 20.8 Å². The standard InChI is InChI=1S/C29H26ClN7O7S3/c1-15-9-24(26(38)10-16(15)2)37-47(43,44)19-6-4-5-17(11-19)36-46(41,42)20-7-8-23-21(14-20)28(45-35-23)34-33-18-12-22(30)27(39)25(13-18)32-29(40)31-3/h4-14,36-39H,1-3H3,(H2,31,32,40). The van der Waals surface area contributed by atoms with Crippen molar-refractivity contribution in [3.63, 3.8) is 0 Å². The highest BCUT2D eigenvalue weighted by Crippen LogP contribution is 2.38. The van der Waals surface area contributed by atoms with E-state index >= 15 is 0 Å². The second kappa shape index (κ2) is 13.0. The zero-order valence-corrected chi connectivity index (χ0v) is 27.9. The summed E-state index contributed by atoms with van der Waals surface area (Å²) in [5.74, 6) is -0.611. The highest BCUT2D eigenvalue weighted by molar-refractivity contribution is 7.93. The summed E-state index contributed by atoms with van der Waals surface area (Å²) in [6, 6.07) is 14.4. The van der Waals surface area contributed by atoms with Gasteiger partial charge in [0.05, 0.1) is 43.1 Å². The number of anilines is 3. The molecule has 0 bridgehead atoms. The number of urea groups is 1. The third-order valence-corrected chi connectivity index (χ3v) is 10.6. The molecule has 0 aliphatic heterocycles. The number of azo groups is 1. The van der Waals surface area contributed by atoms with Crippen molar-refractivity contribution in [2.45, 2.75) is 23.6 Å². The summed E-state index contributed by atoms with van der Waals surface area (Å²) in [6.07, 6.45) is 0. The molecule has 2 amide bonds. The fourth-order valence-corrected chi connectivity index (χ4v) is 7.28. The Balaban J connectivity index is 1.39. The van der Waals surface area contributed by atoms with Gasteiger partial charge in [0, 0.05) is 12.4 Å². The Labute approximate surface area is 278 Å². The molecule has 5 rings (SSSR count). The molecule has 14 nitrogen and oxygen atoms in total. The van der Waals surface area contributed by atoms with E-state index in [1.54, 1.807) is 13.8 Å². The number of hydrogen-bond donors (Lipinski definition) is 6. The third-order valence-electron chi connectivity index (χ3n) is 6.77. The number of aromatic hydroxyl groups is 2. The number of fused-ring (bicyclic) bond motifs is 1. The molecule has 0 fully saturated rings. The zero-order valence-electron chi connectivity index (χ0n) is 24.7. The van der Waals surface area contributed by atoms with Crippen LogP contribution in [-0.2, 0) is 20.0 Å². The van der Waals surface area contributed by atoms with Gasteiger partial charge in [-0.1, -0.05) is 17.7 Å². The third kappa shape index (κ3) is 7.38. The number of aromatic nitrogens is 1. The Morgan fingerprint density at radius 3 is 2.30 bits per heavy atom. The number of nitrogens with one attached hydrogen (secondary N) is 4. The lowest BCUT2D eigenvalue weighted by Gasteiger charge is -2.13. The molecule has 244 valence electrons. The number of phenols is 2. The van der Waals surface area contributed by atoms with Gasteiger partial charge in [-0.15, -0.1) is 10.2 Å². The lowest BCUT2D eigenvalue weighted by Crippen LogP contribution is -2.24. The van der Waals surface area contributed by atoms with E-state index in [2.05, 4.69) is 34.7 Å². The first-order chi connectivity index (χ1) is 22.2. The number of aryl methyl sites for hydroxylation is 2. The van der Waals surface area contributed by atoms with E-state index in [0.717, 1.165) is 28.7 Å². The number of hydrogen-bond acceptors (Lipinski definition) is 11. The number of nitrogens with zero attached hydrogens (tertiary/aromatic N) is 3. The summed E-state index contributed by atoms with van der Waals surface area (Å²) in [6.45, 7) is 3.55. The van der Waals surface area contributed by atoms with E-state index in [9.17, 15) is 31.8 Å². The summed E-state index contributed by atoms with van der Waals surface area (Å²) < 4.78 is 62.0. The van der Waals surface area contributed by atoms with Crippen molar-refractivity contribution in [1.29, 1.82) is 0 Å². The summed E-state index contributed by atoms with van der Waals surface area (Å²) in [5, 5.41) is 34.0. The second-order valence-corrected chi connectivity index (χ2v) is 14.6. The average Bonchev–Trinajstić information content (AvgIpc) is 3.43. The quantitative estimate of drug-likeness (QED) is 0.0708. The number of carbonyl (C=O) groups is 1. The second-order valence-electron chi connectivity index (χ2n) is 10.1. The van der Waals surface area contributed by atoms with E-state index in [-0.39, 0.29) is 54.1 Å². The highest BCUT2D eigenvalue weighted by Gasteiger charge is 2.21. The van der Waals surface area contributed by atoms with Gasteiger partial charge in [0.2, 0.25) is 0 Å². The van der Waals surface area contributed by atoms with Crippen LogP contribution in [0.4, 0.5) is 32.5 Å². The van der Waals surface area contributed by atoms with Crippen LogP contribution in [0.5, 0.6) is 11.5 Å². The highest BCUT2D eigenvalue weighted by atomic mass is 35.5. The Hall–Kier alpha value is -4.97. The first-order valence-corrected chi connectivity index (χ1v) is 17.6. The Kier molecular flexibility index (Phi) is 9.26. The van der Waals surface area contributed by atoms with E-state index in [1.165, 1.54) is 67.7 Å². The number of carbonyl (C=O) groups excluding carboxylic acids is 1. The smallest absolute Gasteiger partial charge is 0.319 e. The molecule has 0 radical (unpaired) electrons. The van der Waals surface area contributed by atoms with Crippen molar-refractivity contribution in [3.8, 4) is 11.5 Å². The van der Waals surface area contributed by atoms with Gasteiger partial charge in [-0.3, -0.25) is 9.44 Å². The van der Waals surface area contributed by atoms with Crippen LogP contribution in [0.2, 0.25) is 5.02 Å². The molecule has 18 heteroatoms. The van der Waals surface area contributed by atoms with Crippen LogP contribution in [0.1, 0.15) is 11.1 Å². The van der Waals surface area contributed by atoms with Gasteiger partial charge in [0.15, 0.2) is 10.8 Å². The largest absolute Gasteiger partial charge is 0.506 e. The molecular weight excluding hydrogens is 690 g/mol. The minimum atomic E-state index is -4.23. The predicted molar refractivity (Wildman–Crippen MR) is 181 cm³/mol. The lowest BCUT2D eigenvalue weighted by atomic mass is 10.1. The van der Waals surface area contributed by atoms with Gasteiger partial charge >= 0.3 is 6.03 Å². The van der Waals surface area contributed by atoms with Crippen LogP contribution in [0, 0.1) is 13.8 Å². The van der Waals surface area contributed by atoms with Crippen LogP contribution in [0.15, 0.2) is 86.7 Å². The maximum Gasteiger partial charge on any atom is 0.319 e. The maximum atomic E-state index is 13.4. The Morgan fingerprint density at radius 1 is 0.851 bits per heavy atom. The summed E-state index contributed by atoms with van der Waals surface area (Å²) >= 11 is 7.03. The van der Waals surface area contributed by atoms with Crippen molar-refractivity contribution < 1.29 is 31.8 Å². The molecule has 5 aromatic rings. The fraction of sp³-hybridized carbons (Fsp3) is 0.103. The van der Waals surface area contributed by atoms with Crippen LogP contribution in [0.3, 0.4) is 0 Å². The van der Waals surface area contributed by atoms with E-state index in [4.69, 9.17) is 11.6 Å². The predicted octanol–water partition coefficient (Wildman–Crippen LogP) is 6.75. The molecule has 0 saturated heterocycles. The molecule has 6 N–H and O–H groups in total. The van der Waals surface area contributed by atoms with E-state index < -0.39 is 26.1 Å². The Bertz CT molecular complexity index is 2290. The molecule has 1 aromatic heterocycles. The molecule has 0 unspecified atom stereocenters. The zero-order chi connectivity index (χ0) is 34.1. The number of phenolic OH excluding ortho intramolecular Hbond substituents is 2. The van der Waals surface area contributed by atoms with Crippen molar-refractivity contribution in [1.82, 2.24) is 9.69 Å². The molecule has 0 aliphatic carbocycles. The summed E-state index contributed by atoms with van der Waals surface area (Å²) in [5.41, 5.74) is 2.13. The van der Waals surface area contributed by atoms with Gasteiger partial charge in [0.25, 0.3) is 20.0 Å². The minimum Gasteiger partial charge on any atom is -0.506 e. The minimum absolute atomic E-state index is 0.00420. The number of amides is 2. The number of rotatable bonds is 9. The summed E-state index contributed by atoms with van der Waals surface area (Å²) in [4.78, 5) is 11.3. The molecule has 4 aromatic carbocycles.